The van der Waals surface area contributed by atoms with E-state index in [1.54, 1.807) is 0 Å². The van der Waals surface area contributed by atoms with Gasteiger partial charge in [-0.1, -0.05) is 79.4 Å². The first-order valence-electron chi connectivity index (χ1n) is 9.65. The fourth-order valence-corrected chi connectivity index (χ4v) is 3.90. The number of hydrogen-bond donors (Lipinski definition) is 1. The van der Waals surface area contributed by atoms with Crippen molar-refractivity contribution >= 4 is 33.1 Å². The first-order valence-corrected chi connectivity index (χ1v) is 10.2. The predicted molar refractivity (Wildman–Crippen MR) is 122 cm³/mol. The van der Waals surface area contributed by atoms with Crippen molar-refractivity contribution < 1.29 is 9.84 Å². The van der Waals surface area contributed by atoms with Crippen LogP contribution < -0.4 is 0 Å². The summed E-state index contributed by atoms with van der Waals surface area (Å²) in [5.41, 5.74) is 5.02. The van der Waals surface area contributed by atoms with Crippen molar-refractivity contribution in [3.8, 4) is 11.1 Å². The summed E-state index contributed by atoms with van der Waals surface area (Å²) in [4.78, 5) is 0. The molecule has 29 heavy (non-hydrogen) atoms. The predicted octanol–water partition coefficient (Wildman–Crippen LogP) is 6.46. The number of hydrogen-bond acceptors (Lipinski definition) is 2. The summed E-state index contributed by atoms with van der Waals surface area (Å²) in [5, 5.41) is 14.7. The number of benzene rings is 4. The molecule has 1 N–H and O–H groups in total. The highest BCUT2D eigenvalue weighted by Crippen LogP contribution is 2.39. The summed E-state index contributed by atoms with van der Waals surface area (Å²) in [7, 11) is 0. The number of aliphatic hydroxyl groups excluding tert-OH is 1. The highest BCUT2D eigenvalue weighted by Gasteiger charge is 2.16. The van der Waals surface area contributed by atoms with Gasteiger partial charge in [0.1, 0.15) is 0 Å². The summed E-state index contributed by atoms with van der Waals surface area (Å²) < 4.78 is 5.92. The molecule has 0 saturated carbocycles. The lowest BCUT2D eigenvalue weighted by molar-refractivity contribution is 0.143. The van der Waals surface area contributed by atoms with Crippen molar-refractivity contribution in [3.05, 3.63) is 96.1 Å². The molecule has 0 unspecified atom stereocenters. The Morgan fingerprint density at radius 3 is 1.93 bits per heavy atom. The maximum Gasteiger partial charge on any atom is 0.0727 e. The maximum absolute atomic E-state index is 10.1. The van der Waals surface area contributed by atoms with E-state index in [1.165, 1.54) is 0 Å². The Balaban J connectivity index is 1.96. The molecule has 0 amide bonds. The molecule has 0 spiro atoms. The van der Waals surface area contributed by atoms with E-state index in [1.807, 2.05) is 24.3 Å². The highest BCUT2D eigenvalue weighted by atomic mass is 35.5. The van der Waals surface area contributed by atoms with Crippen molar-refractivity contribution in [2.24, 2.45) is 0 Å². The standard InChI is InChI=1S/C26H23ClO2/c1-18(14-27)16-29-17-22-13-11-20-7-3-5-9-24(20)26(22)25-21(15-28)12-10-19-6-2-4-8-23(19)25/h2-13,28H,1,14-17H2. The smallest absolute Gasteiger partial charge is 0.0727 e. The van der Waals surface area contributed by atoms with E-state index >= 15 is 0 Å². The number of ether oxygens (including phenoxy) is 1. The van der Waals surface area contributed by atoms with E-state index in [9.17, 15) is 5.11 Å². The monoisotopic (exact) mass is 402 g/mol. The minimum absolute atomic E-state index is 0.0211. The molecule has 0 aliphatic carbocycles. The van der Waals surface area contributed by atoms with Crippen LogP contribution in [0.5, 0.6) is 0 Å². The number of halogens is 1. The fraction of sp³-hybridized carbons (Fsp3) is 0.154. The fourth-order valence-electron chi connectivity index (χ4n) is 3.82. The van der Waals surface area contributed by atoms with Gasteiger partial charge in [-0.25, -0.2) is 0 Å². The van der Waals surface area contributed by atoms with Gasteiger partial charge < -0.3 is 9.84 Å². The third kappa shape index (κ3) is 3.92. The number of fused-ring (bicyclic) bond motifs is 2. The summed E-state index contributed by atoms with van der Waals surface area (Å²) in [6.07, 6.45) is 0. The maximum atomic E-state index is 10.1. The molecule has 0 saturated heterocycles. The first kappa shape index (κ1) is 19.7. The van der Waals surface area contributed by atoms with Gasteiger partial charge in [-0.15, -0.1) is 11.6 Å². The molecule has 2 nitrogen and oxygen atoms in total. The molecular formula is C26H23ClO2. The normalized spacial score (nSPS) is 11.2. The second-order valence-corrected chi connectivity index (χ2v) is 7.44. The summed E-state index contributed by atoms with van der Waals surface area (Å²) in [5.74, 6) is 0.391. The van der Waals surface area contributed by atoms with Crippen LogP contribution in [0.15, 0.2) is 84.9 Å². The lowest BCUT2D eigenvalue weighted by Gasteiger charge is -2.19. The van der Waals surface area contributed by atoms with Crippen LogP contribution in [0, 0.1) is 0 Å². The minimum Gasteiger partial charge on any atom is -0.392 e. The largest absolute Gasteiger partial charge is 0.392 e. The third-order valence-electron chi connectivity index (χ3n) is 5.20. The molecule has 0 heterocycles. The zero-order valence-electron chi connectivity index (χ0n) is 16.2. The zero-order chi connectivity index (χ0) is 20.2. The van der Waals surface area contributed by atoms with Crippen LogP contribution in [0.2, 0.25) is 0 Å². The molecule has 4 aromatic carbocycles. The van der Waals surface area contributed by atoms with Crippen LogP contribution in [-0.4, -0.2) is 17.6 Å². The Morgan fingerprint density at radius 2 is 1.34 bits per heavy atom. The lowest BCUT2D eigenvalue weighted by Crippen LogP contribution is -2.02. The molecule has 0 fully saturated rings. The van der Waals surface area contributed by atoms with E-state index in [0.29, 0.717) is 19.1 Å². The molecule has 146 valence electrons. The SMILES string of the molecule is C=C(CCl)COCc1ccc2ccccc2c1-c1c(CO)ccc2ccccc12. The zero-order valence-corrected chi connectivity index (χ0v) is 17.0. The molecule has 0 radical (unpaired) electrons. The minimum atomic E-state index is -0.0211. The van der Waals surface area contributed by atoms with Crippen LogP contribution in [0.1, 0.15) is 11.1 Å². The van der Waals surface area contributed by atoms with E-state index < -0.39 is 0 Å². The second-order valence-electron chi connectivity index (χ2n) is 7.18. The molecule has 4 rings (SSSR count). The number of alkyl halides is 1. The molecule has 0 aliphatic rings. The lowest BCUT2D eigenvalue weighted by atomic mass is 9.87. The van der Waals surface area contributed by atoms with Crippen LogP contribution in [0.25, 0.3) is 32.7 Å². The van der Waals surface area contributed by atoms with Crippen molar-refractivity contribution in [1.82, 2.24) is 0 Å². The van der Waals surface area contributed by atoms with Gasteiger partial charge in [-0.05, 0) is 49.4 Å². The van der Waals surface area contributed by atoms with Crippen molar-refractivity contribution in [2.75, 3.05) is 12.5 Å². The van der Waals surface area contributed by atoms with Gasteiger partial charge >= 0.3 is 0 Å². The Bertz CT molecular complexity index is 1180. The van der Waals surface area contributed by atoms with Crippen LogP contribution >= 0.6 is 11.6 Å². The molecular weight excluding hydrogens is 380 g/mol. The van der Waals surface area contributed by atoms with Gasteiger partial charge in [0.2, 0.25) is 0 Å². The van der Waals surface area contributed by atoms with E-state index in [4.69, 9.17) is 16.3 Å². The number of rotatable bonds is 7. The van der Waals surface area contributed by atoms with E-state index in [0.717, 1.165) is 49.4 Å². The van der Waals surface area contributed by atoms with Crippen LogP contribution in [0.3, 0.4) is 0 Å². The highest BCUT2D eigenvalue weighted by molar-refractivity contribution is 6.19. The third-order valence-corrected chi connectivity index (χ3v) is 5.58. The molecule has 0 aromatic heterocycles. The summed E-state index contributed by atoms with van der Waals surface area (Å²) in [6.45, 7) is 4.77. The van der Waals surface area contributed by atoms with Crippen LogP contribution in [-0.2, 0) is 18.0 Å². The van der Waals surface area contributed by atoms with Gasteiger partial charge in [-0.2, -0.15) is 0 Å². The average Bonchev–Trinajstić information content (AvgIpc) is 2.78. The Morgan fingerprint density at radius 1 is 0.793 bits per heavy atom. The Labute approximate surface area is 176 Å². The molecule has 0 aliphatic heterocycles. The molecule has 0 atom stereocenters. The van der Waals surface area contributed by atoms with E-state index in [-0.39, 0.29) is 6.61 Å². The summed E-state index contributed by atoms with van der Waals surface area (Å²) in [6, 6.07) is 25.0. The average molecular weight is 403 g/mol. The van der Waals surface area contributed by atoms with Crippen LogP contribution in [0.4, 0.5) is 0 Å². The van der Waals surface area contributed by atoms with Gasteiger partial charge in [0, 0.05) is 5.88 Å². The Hall–Kier alpha value is -2.65. The Kier molecular flexibility index (Phi) is 5.96. The second kappa shape index (κ2) is 8.79. The van der Waals surface area contributed by atoms with Gasteiger partial charge in [-0.3, -0.25) is 0 Å². The van der Waals surface area contributed by atoms with Gasteiger partial charge in [0.15, 0.2) is 0 Å². The van der Waals surface area contributed by atoms with Crippen molar-refractivity contribution in [1.29, 1.82) is 0 Å². The molecule has 4 aromatic rings. The van der Waals surface area contributed by atoms with Crippen molar-refractivity contribution in [3.63, 3.8) is 0 Å². The van der Waals surface area contributed by atoms with Gasteiger partial charge in [0.25, 0.3) is 0 Å². The van der Waals surface area contributed by atoms with E-state index in [2.05, 4.69) is 55.1 Å². The quantitative estimate of drug-likeness (QED) is 0.284. The van der Waals surface area contributed by atoms with Crippen molar-refractivity contribution in [2.45, 2.75) is 13.2 Å². The first-order chi connectivity index (χ1) is 14.2. The topological polar surface area (TPSA) is 29.5 Å². The molecule has 0 bridgehead atoms. The summed E-state index contributed by atoms with van der Waals surface area (Å²) >= 11 is 5.84. The van der Waals surface area contributed by atoms with Gasteiger partial charge in [0.05, 0.1) is 19.8 Å². The molecule has 3 heteroatoms. The number of aliphatic hydroxyl groups is 1.